The van der Waals surface area contributed by atoms with E-state index in [9.17, 15) is 9.59 Å². The van der Waals surface area contributed by atoms with Crippen molar-refractivity contribution < 1.29 is 14.3 Å². The average Bonchev–Trinajstić information content (AvgIpc) is 3.20. The third-order valence-electron chi connectivity index (χ3n) is 4.98. The number of hydrogen-bond acceptors (Lipinski definition) is 4. The van der Waals surface area contributed by atoms with Gasteiger partial charge in [0, 0.05) is 22.0 Å². The molecule has 0 N–H and O–H groups in total. The number of aryl methyl sites for hydroxylation is 1. The van der Waals surface area contributed by atoms with Gasteiger partial charge in [-0.3, -0.25) is 9.59 Å². The van der Waals surface area contributed by atoms with Gasteiger partial charge in [-0.1, -0.05) is 35.9 Å². The van der Waals surface area contributed by atoms with E-state index < -0.39 is 0 Å². The van der Waals surface area contributed by atoms with E-state index in [0.29, 0.717) is 21.9 Å². The molecule has 0 fully saturated rings. The summed E-state index contributed by atoms with van der Waals surface area (Å²) in [5, 5.41) is 1.39. The maximum Gasteiger partial charge on any atom is 0.305 e. The second kappa shape index (κ2) is 7.41. The second-order valence-corrected chi connectivity index (χ2v) is 7.98. The van der Waals surface area contributed by atoms with Crippen LogP contribution in [0.1, 0.15) is 32.9 Å². The molecule has 0 amide bonds. The van der Waals surface area contributed by atoms with Gasteiger partial charge in [-0.05, 0) is 37.1 Å². The predicted octanol–water partition coefficient (Wildman–Crippen LogP) is 5.45. The van der Waals surface area contributed by atoms with Crippen LogP contribution >= 0.6 is 22.9 Å². The number of fused-ring (bicyclic) bond motifs is 2. The molecule has 28 heavy (non-hydrogen) atoms. The third kappa shape index (κ3) is 3.01. The molecule has 6 heteroatoms. The SMILES string of the molecule is COC(=O)CCc1c(C)c(C(=O)c2sc3ccccc3c2Cl)c2ccccn12. The lowest BCUT2D eigenvalue weighted by Gasteiger charge is -2.03. The number of hydrogen-bond donors (Lipinski definition) is 0. The fourth-order valence-corrected chi connectivity index (χ4v) is 5.05. The normalized spacial score (nSPS) is 11.2. The fraction of sp³-hybridized carbons (Fsp3) is 0.182. The van der Waals surface area contributed by atoms with Crippen molar-refractivity contribution in [2.45, 2.75) is 19.8 Å². The molecule has 3 aromatic heterocycles. The van der Waals surface area contributed by atoms with Crippen LogP contribution in [0.3, 0.4) is 0 Å². The summed E-state index contributed by atoms with van der Waals surface area (Å²) >= 11 is 7.97. The molecule has 0 bridgehead atoms. The minimum absolute atomic E-state index is 0.0864. The molecule has 0 atom stereocenters. The molecule has 0 saturated heterocycles. The van der Waals surface area contributed by atoms with Crippen LogP contribution in [-0.2, 0) is 16.0 Å². The maximum atomic E-state index is 13.5. The summed E-state index contributed by atoms with van der Waals surface area (Å²) in [4.78, 5) is 25.7. The van der Waals surface area contributed by atoms with Crippen molar-refractivity contribution >= 4 is 50.3 Å². The number of benzene rings is 1. The van der Waals surface area contributed by atoms with Gasteiger partial charge in [-0.15, -0.1) is 11.3 Å². The van der Waals surface area contributed by atoms with Crippen LogP contribution in [0.25, 0.3) is 15.6 Å². The molecule has 3 heterocycles. The van der Waals surface area contributed by atoms with Crippen LogP contribution in [0.4, 0.5) is 0 Å². The number of ether oxygens (including phenoxy) is 1. The second-order valence-electron chi connectivity index (χ2n) is 6.55. The van der Waals surface area contributed by atoms with Gasteiger partial charge >= 0.3 is 5.97 Å². The van der Waals surface area contributed by atoms with Crippen LogP contribution in [0.2, 0.25) is 5.02 Å². The number of methoxy groups -OCH3 is 1. The summed E-state index contributed by atoms with van der Waals surface area (Å²) in [6.45, 7) is 1.92. The predicted molar refractivity (Wildman–Crippen MR) is 113 cm³/mol. The summed E-state index contributed by atoms with van der Waals surface area (Å²) in [5.74, 6) is -0.359. The first kappa shape index (κ1) is 18.7. The highest BCUT2D eigenvalue weighted by molar-refractivity contribution is 7.21. The van der Waals surface area contributed by atoms with Crippen LogP contribution in [0.5, 0.6) is 0 Å². The molecule has 4 rings (SSSR count). The minimum Gasteiger partial charge on any atom is -0.469 e. The lowest BCUT2D eigenvalue weighted by molar-refractivity contribution is -0.140. The summed E-state index contributed by atoms with van der Waals surface area (Å²) in [7, 11) is 1.38. The molecule has 0 unspecified atom stereocenters. The van der Waals surface area contributed by atoms with E-state index >= 15 is 0 Å². The highest BCUT2D eigenvalue weighted by atomic mass is 35.5. The molecule has 0 aliphatic carbocycles. The Morgan fingerprint density at radius 3 is 2.64 bits per heavy atom. The van der Waals surface area contributed by atoms with Crippen molar-refractivity contribution in [1.29, 1.82) is 0 Å². The van der Waals surface area contributed by atoms with Crippen molar-refractivity contribution in [2.75, 3.05) is 7.11 Å². The number of nitrogens with zero attached hydrogens (tertiary/aromatic N) is 1. The summed E-state index contributed by atoms with van der Waals surface area (Å²) in [5.41, 5.74) is 3.25. The monoisotopic (exact) mass is 411 g/mol. The van der Waals surface area contributed by atoms with Gasteiger partial charge in [0.05, 0.1) is 34.5 Å². The number of rotatable bonds is 5. The van der Waals surface area contributed by atoms with Gasteiger partial charge in [-0.25, -0.2) is 0 Å². The lowest BCUT2D eigenvalue weighted by atomic mass is 10.0. The topological polar surface area (TPSA) is 47.8 Å². The number of esters is 1. The van der Waals surface area contributed by atoms with Gasteiger partial charge in [0.1, 0.15) is 0 Å². The molecule has 0 aliphatic rings. The van der Waals surface area contributed by atoms with Gasteiger partial charge in [-0.2, -0.15) is 0 Å². The zero-order valence-corrected chi connectivity index (χ0v) is 17.1. The average molecular weight is 412 g/mol. The number of ketones is 1. The molecule has 142 valence electrons. The summed E-state index contributed by atoms with van der Waals surface area (Å²) in [6.07, 6.45) is 2.67. The number of carbonyl (C=O) groups excluding carboxylic acids is 2. The molecule has 0 radical (unpaired) electrons. The van der Waals surface area contributed by atoms with E-state index in [1.54, 1.807) is 0 Å². The Bertz CT molecular complexity index is 1220. The molecule has 0 aliphatic heterocycles. The Morgan fingerprint density at radius 1 is 1.14 bits per heavy atom. The van der Waals surface area contributed by atoms with Crippen LogP contribution in [0, 0.1) is 6.92 Å². The molecule has 4 aromatic rings. The van der Waals surface area contributed by atoms with Crippen LogP contribution in [-0.4, -0.2) is 23.3 Å². The molecule has 0 saturated carbocycles. The molecule has 0 spiro atoms. The number of halogens is 1. The first-order valence-corrected chi connectivity index (χ1v) is 10.1. The zero-order chi connectivity index (χ0) is 19.8. The van der Waals surface area contributed by atoms with E-state index in [4.69, 9.17) is 16.3 Å². The smallest absolute Gasteiger partial charge is 0.305 e. The highest BCUT2D eigenvalue weighted by Crippen LogP contribution is 2.38. The Balaban J connectivity index is 1.86. The van der Waals surface area contributed by atoms with E-state index in [1.807, 2.05) is 60.0 Å². The Morgan fingerprint density at radius 2 is 1.89 bits per heavy atom. The third-order valence-corrected chi connectivity index (χ3v) is 6.65. The van der Waals surface area contributed by atoms with Crippen molar-refractivity contribution in [2.24, 2.45) is 0 Å². The summed E-state index contributed by atoms with van der Waals surface area (Å²) < 4.78 is 7.73. The molecule has 4 nitrogen and oxygen atoms in total. The number of thiophene rings is 1. The Hall–Kier alpha value is -2.63. The van der Waals surface area contributed by atoms with Crippen LogP contribution < -0.4 is 0 Å². The van der Waals surface area contributed by atoms with Crippen LogP contribution in [0.15, 0.2) is 48.7 Å². The summed E-state index contributed by atoms with van der Waals surface area (Å²) in [6, 6.07) is 13.5. The maximum absolute atomic E-state index is 13.5. The quantitative estimate of drug-likeness (QED) is 0.324. The van der Waals surface area contributed by atoms with Gasteiger partial charge in [0.25, 0.3) is 0 Å². The lowest BCUT2D eigenvalue weighted by Crippen LogP contribution is -2.04. The highest BCUT2D eigenvalue weighted by Gasteiger charge is 2.25. The van der Waals surface area contributed by atoms with E-state index in [-0.39, 0.29) is 18.2 Å². The van der Waals surface area contributed by atoms with Crippen molar-refractivity contribution in [3.63, 3.8) is 0 Å². The molecular formula is C22H18ClNO3S. The van der Waals surface area contributed by atoms with Crippen molar-refractivity contribution in [1.82, 2.24) is 4.40 Å². The Labute approximate surface area is 171 Å². The fourth-order valence-electron chi connectivity index (χ4n) is 3.59. The zero-order valence-electron chi connectivity index (χ0n) is 15.5. The first-order valence-electron chi connectivity index (χ1n) is 8.90. The first-order chi connectivity index (χ1) is 13.5. The number of carbonyl (C=O) groups is 2. The van der Waals surface area contributed by atoms with Crippen molar-refractivity contribution in [3.05, 3.63) is 75.4 Å². The largest absolute Gasteiger partial charge is 0.469 e. The minimum atomic E-state index is -0.272. The number of aromatic nitrogens is 1. The standard InChI is InChI=1S/C22H18ClNO3S/c1-13-15(10-11-18(25)27-2)24-12-6-5-8-16(24)19(13)21(26)22-20(23)14-7-3-4-9-17(14)28-22/h3-9,12H,10-11H2,1-2H3. The van der Waals surface area contributed by atoms with Crippen molar-refractivity contribution in [3.8, 4) is 0 Å². The molecular weight excluding hydrogens is 394 g/mol. The van der Waals surface area contributed by atoms with Gasteiger partial charge in [0.2, 0.25) is 5.78 Å². The van der Waals surface area contributed by atoms with Gasteiger partial charge in [0.15, 0.2) is 0 Å². The van der Waals surface area contributed by atoms with E-state index in [1.165, 1.54) is 18.4 Å². The Kier molecular flexibility index (Phi) is 4.96. The molecule has 1 aromatic carbocycles. The van der Waals surface area contributed by atoms with E-state index in [0.717, 1.165) is 26.9 Å². The van der Waals surface area contributed by atoms with E-state index in [2.05, 4.69) is 0 Å². The number of pyridine rings is 1. The van der Waals surface area contributed by atoms with Gasteiger partial charge < -0.3 is 9.14 Å².